The van der Waals surface area contributed by atoms with Crippen LogP contribution in [-0.4, -0.2) is 70.4 Å². The molecule has 0 unspecified atom stereocenters. The molecule has 1 aliphatic heterocycles. The Bertz CT molecular complexity index is 2030. The average molecular weight is 775 g/mol. The van der Waals surface area contributed by atoms with Crippen molar-refractivity contribution in [3.05, 3.63) is 105 Å². The maximum absolute atomic E-state index is 13.5. The Kier molecular flexibility index (Phi) is 12.9. The number of aliphatic carboxylic acids is 1. The van der Waals surface area contributed by atoms with Gasteiger partial charge in [0, 0.05) is 68.6 Å². The Hall–Kier alpha value is -4.80. The summed E-state index contributed by atoms with van der Waals surface area (Å²) in [5, 5.41) is 32.1. The molecule has 0 saturated carbocycles. The number of ether oxygens (including phenoxy) is 3. The first-order chi connectivity index (χ1) is 26.4. The highest BCUT2D eigenvalue weighted by Crippen LogP contribution is 2.44. The Morgan fingerprint density at radius 3 is 2.60 bits per heavy atom. The Morgan fingerprint density at radius 1 is 1.09 bits per heavy atom. The lowest BCUT2D eigenvalue weighted by molar-refractivity contribution is -0.142. The summed E-state index contributed by atoms with van der Waals surface area (Å²) >= 11 is 6.81. The number of aromatic nitrogens is 1. The van der Waals surface area contributed by atoms with Crippen LogP contribution in [0.1, 0.15) is 72.1 Å². The van der Waals surface area contributed by atoms with Crippen molar-refractivity contribution in [1.82, 2.24) is 15.2 Å². The number of halogens is 3. The number of hydrogen-bond donors (Lipinski definition) is 3. The van der Waals surface area contributed by atoms with Crippen LogP contribution in [0.5, 0.6) is 17.2 Å². The number of nitrogens with one attached hydrogen (secondary N) is 1. The van der Waals surface area contributed by atoms with Crippen molar-refractivity contribution >= 4 is 17.6 Å². The fourth-order valence-electron chi connectivity index (χ4n) is 7.19. The van der Waals surface area contributed by atoms with Gasteiger partial charge in [0.25, 0.3) is 5.92 Å². The number of nitrogens with zero attached hydrogens (tertiary/aromatic N) is 3. The molecule has 0 amide bonds. The zero-order valence-electron chi connectivity index (χ0n) is 30.9. The molecule has 10 nitrogen and oxygen atoms in total. The van der Waals surface area contributed by atoms with E-state index in [2.05, 4.69) is 39.5 Å². The van der Waals surface area contributed by atoms with Gasteiger partial charge >= 0.3 is 5.97 Å². The molecule has 0 bridgehead atoms. The summed E-state index contributed by atoms with van der Waals surface area (Å²) < 4.78 is 46.1. The summed E-state index contributed by atoms with van der Waals surface area (Å²) in [5.74, 6) is -2.17. The summed E-state index contributed by atoms with van der Waals surface area (Å²) in [7, 11) is 0. The molecule has 3 aromatic carbocycles. The van der Waals surface area contributed by atoms with Gasteiger partial charge in [-0.2, -0.15) is 5.26 Å². The van der Waals surface area contributed by atoms with Gasteiger partial charge in [0.15, 0.2) is 0 Å². The van der Waals surface area contributed by atoms with Crippen molar-refractivity contribution in [3.8, 4) is 34.4 Å². The van der Waals surface area contributed by atoms with E-state index >= 15 is 0 Å². The first-order valence-electron chi connectivity index (χ1n) is 18.5. The highest BCUT2D eigenvalue weighted by Gasteiger charge is 2.34. The van der Waals surface area contributed by atoms with Crippen molar-refractivity contribution in [3.63, 3.8) is 0 Å². The van der Waals surface area contributed by atoms with Gasteiger partial charge in [0.2, 0.25) is 0 Å². The molecular formula is C42H45ClF2N4O6. The first kappa shape index (κ1) is 39.9. The van der Waals surface area contributed by atoms with E-state index < -0.39 is 24.0 Å². The van der Waals surface area contributed by atoms with Crippen molar-refractivity contribution in [2.45, 2.75) is 83.3 Å². The van der Waals surface area contributed by atoms with Gasteiger partial charge in [-0.3, -0.25) is 15.1 Å². The molecule has 3 N–H and O–H groups in total. The lowest BCUT2D eigenvalue weighted by Gasteiger charge is -2.31. The largest absolute Gasteiger partial charge is 0.493 e. The van der Waals surface area contributed by atoms with Crippen molar-refractivity contribution in [1.29, 1.82) is 5.26 Å². The number of fused-ring (bicyclic) bond motifs is 1. The van der Waals surface area contributed by atoms with Crippen molar-refractivity contribution in [2.75, 3.05) is 26.2 Å². The SMILES string of the molecule is Cc1c(OCCCN2CCC(F)(F)CC2)cccc1-c1cccc2c1CC[C@@H]2Oc1cc(OCc2cncc(C#N)c2)c(CN[C@H](C(=O)O)[C@@H](C)O)cc1Cl. The molecule has 0 radical (unpaired) electrons. The molecule has 6 rings (SSSR count). The quantitative estimate of drug-likeness (QED) is 0.0974. The summed E-state index contributed by atoms with van der Waals surface area (Å²) in [6.07, 6.45) is 3.66. The van der Waals surface area contributed by atoms with E-state index in [-0.39, 0.29) is 32.1 Å². The summed E-state index contributed by atoms with van der Waals surface area (Å²) in [6.45, 7) is 5.58. The van der Waals surface area contributed by atoms with E-state index in [4.69, 9.17) is 25.8 Å². The third-order valence-corrected chi connectivity index (χ3v) is 10.5. The van der Waals surface area contributed by atoms with Gasteiger partial charge in [0.05, 0.1) is 23.3 Å². The average Bonchev–Trinajstić information content (AvgIpc) is 3.57. The summed E-state index contributed by atoms with van der Waals surface area (Å²) in [4.78, 5) is 17.9. The molecule has 2 aliphatic rings. The summed E-state index contributed by atoms with van der Waals surface area (Å²) in [5.41, 5.74) is 6.99. The number of alkyl halides is 2. The number of benzene rings is 3. The minimum atomic E-state index is -2.55. The normalized spacial score (nSPS) is 17.5. The minimum Gasteiger partial charge on any atom is -0.493 e. The molecule has 55 heavy (non-hydrogen) atoms. The number of piperidine rings is 1. The van der Waals surface area contributed by atoms with Gasteiger partial charge in [-0.15, -0.1) is 0 Å². The zero-order valence-corrected chi connectivity index (χ0v) is 31.6. The Morgan fingerprint density at radius 2 is 1.85 bits per heavy atom. The molecule has 13 heteroatoms. The van der Waals surface area contributed by atoms with Crippen LogP contribution in [0, 0.1) is 18.3 Å². The summed E-state index contributed by atoms with van der Waals surface area (Å²) in [6, 6.07) is 18.1. The van der Waals surface area contributed by atoms with Gasteiger partial charge in [0.1, 0.15) is 42.1 Å². The van der Waals surface area contributed by atoms with E-state index in [0.717, 1.165) is 47.4 Å². The highest BCUT2D eigenvalue weighted by molar-refractivity contribution is 6.32. The number of pyridine rings is 1. The number of aliphatic hydroxyl groups excluding tert-OH is 1. The monoisotopic (exact) mass is 774 g/mol. The maximum atomic E-state index is 13.5. The van der Waals surface area contributed by atoms with Crippen LogP contribution < -0.4 is 19.5 Å². The molecule has 290 valence electrons. The molecule has 0 spiro atoms. The Balaban J connectivity index is 1.18. The lowest BCUT2D eigenvalue weighted by atomic mass is 9.93. The van der Waals surface area contributed by atoms with E-state index in [0.29, 0.717) is 59.3 Å². The second kappa shape index (κ2) is 17.8. The van der Waals surface area contributed by atoms with Crippen LogP contribution in [-0.2, 0) is 24.4 Å². The maximum Gasteiger partial charge on any atom is 0.323 e. The number of carboxylic acid groups (broad SMARTS) is 1. The van der Waals surface area contributed by atoms with Crippen molar-refractivity contribution < 1.29 is 38.0 Å². The predicted molar refractivity (Wildman–Crippen MR) is 204 cm³/mol. The molecule has 2 heterocycles. The smallest absolute Gasteiger partial charge is 0.323 e. The second-order valence-corrected chi connectivity index (χ2v) is 14.6. The number of nitriles is 1. The third-order valence-electron chi connectivity index (χ3n) is 10.2. The number of carbonyl (C=O) groups is 1. The fourth-order valence-corrected chi connectivity index (χ4v) is 7.42. The van der Waals surface area contributed by atoms with Crippen LogP contribution >= 0.6 is 11.6 Å². The van der Waals surface area contributed by atoms with E-state index in [1.807, 2.05) is 25.1 Å². The van der Waals surface area contributed by atoms with E-state index in [9.17, 15) is 29.1 Å². The molecule has 1 aromatic heterocycles. The first-order valence-corrected chi connectivity index (χ1v) is 18.8. The molecule has 1 fully saturated rings. The van der Waals surface area contributed by atoms with Crippen LogP contribution in [0.4, 0.5) is 8.78 Å². The van der Waals surface area contributed by atoms with Crippen LogP contribution in [0.15, 0.2) is 67.0 Å². The number of carboxylic acids is 1. The molecule has 1 aliphatic carbocycles. The lowest BCUT2D eigenvalue weighted by Crippen LogP contribution is -2.44. The third kappa shape index (κ3) is 9.90. The molecule has 4 aromatic rings. The number of aliphatic hydroxyl groups is 1. The predicted octanol–water partition coefficient (Wildman–Crippen LogP) is 7.65. The minimum absolute atomic E-state index is 0.0331. The molecular weight excluding hydrogens is 730 g/mol. The number of hydrogen-bond acceptors (Lipinski definition) is 9. The van der Waals surface area contributed by atoms with Gasteiger partial charge < -0.3 is 29.3 Å². The number of likely N-dealkylation sites (tertiary alicyclic amines) is 1. The Labute approximate surface area is 324 Å². The molecule has 3 atom stereocenters. The number of rotatable bonds is 16. The fraction of sp³-hybridized carbons (Fsp3) is 0.405. The topological polar surface area (TPSA) is 137 Å². The van der Waals surface area contributed by atoms with Crippen molar-refractivity contribution in [2.24, 2.45) is 0 Å². The van der Waals surface area contributed by atoms with E-state index in [1.54, 1.807) is 24.4 Å². The van der Waals surface area contributed by atoms with Crippen LogP contribution in [0.3, 0.4) is 0 Å². The van der Waals surface area contributed by atoms with Crippen LogP contribution in [0.25, 0.3) is 11.1 Å². The van der Waals surface area contributed by atoms with Gasteiger partial charge in [-0.1, -0.05) is 41.9 Å². The molecule has 1 saturated heterocycles. The van der Waals surface area contributed by atoms with Gasteiger partial charge in [-0.05, 0) is 79.1 Å². The second-order valence-electron chi connectivity index (χ2n) is 14.2. The van der Waals surface area contributed by atoms with Gasteiger partial charge in [-0.25, -0.2) is 8.78 Å². The highest BCUT2D eigenvalue weighted by atomic mass is 35.5. The standard InChI is InChI=1S/C42H45ClF2N4O6/c1-26-31(6-4-9-36(26)53-17-5-14-49-15-12-42(44,45)13-16-49)32-7-3-8-34-33(32)10-11-37(34)55-39-20-38(54-25-29-18-28(21-46)22-47-23-29)30(19-35(39)43)24-48-40(27(2)50)41(51)52/h3-4,6-9,18-20,22-23,27,37,40,48,50H,5,10-17,24-25H2,1-2H3,(H,51,52)/t27-,37+,40+/m1/s1. The zero-order chi connectivity index (χ0) is 39.1. The van der Waals surface area contributed by atoms with Crippen LogP contribution in [0.2, 0.25) is 5.02 Å². The van der Waals surface area contributed by atoms with E-state index in [1.165, 1.54) is 18.7 Å².